The number of rotatable bonds is 1. The number of nitrogens with one attached hydrogen (secondary N) is 2. The molecule has 5 unspecified atom stereocenters. The summed E-state index contributed by atoms with van der Waals surface area (Å²) in [5.74, 6) is 0.276. The van der Waals surface area contributed by atoms with Crippen LogP contribution in [0.3, 0.4) is 0 Å². The molecule has 2 N–H and O–H groups in total. The normalized spacial score (nSPS) is 30.0. The zero-order chi connectivity index (χ0) is 19.0. The first kappa shape index (κ1) is 16.1. The molecule has 3 aliphatic rings. The summed E-state index contributed by atoms with van der Waals surface area (Å²) in [5, 5.41) is 21.2. The number of benzene rings is 2. The maximum Gasteiger partial charge on any atom is 0.143 e. The van der Waals surface area contributed by atoms with Gasteiger partial charge in [0.25, 0.3) is 0 Å². The molecule has 2 bridgehead atoms. The molecule has 2 fully saturated rings. The standard InChI is InChI=1S/C22H18F2N4/c23-15-7-16(24)13(6-12(15)8-25)22-20-11-2-1-10(5-11)19(20)21-14-9-26-28-17(14)3-4-18(21)27-22/h3-4,6-7,9-11,19-20,22,27H,1-2,5H2,(H,26,28). The van der Waals surface area contributed by atoms with E-state index in [9.17, 15) is 14.0 Å². The van der Waals surface area contributed by atoms with Crippen LogP contribution in [-0.2, 0) is 0 Å². The minimum absolute atomic E-state index is 0.103. The summed E-state index contributed by atoms with van der Waals surface area (Å²) in [7, 11) is 0. The molecule has 0 radical (unpaired) electrons. The SMILES string of the molecule is N#Cc1cc(C2Nc3ccc4[nH]ncc4c3C3C4CCC(C4)C23)c(F)cc1F. The molecule has 0 saturated heterocycles. The summed E-state index contributed by atoms with van der Waals surface area (Å²) in [6.45, 7) is 0. The van der Waals surface area contributed by atoms with E-state index >= 15 is 0 Å². The Bertz CT molecular complexity index is 1160. The van der Waals surface area contributed by atoms with E-state index in [0.29, 0.717) is 23.3 Å². The predicted octanol–water partition coefficient (Wildman–Crippen LogP) is 5.01. The van der Waals surface area contributed by atoms with E-state index in [1.807, 2.05) is 24.4 Å². The predicted molar refractivity (Wildman–Crippen MR) is 101 cm³/mol. The molecular formula is C22H18F2N4. The van der Waals surface area contributed by atoms with Gasteiger partial charge in [0.1, 0.15) is 17.7 Å². The van der Waals surface area contributed by atoms with Crippen LogP contribution in [0.15, 0.2) is 30.5 Å². The number of hydrogen-bond donors (Lipinski definition) is 2. The van der Waals surface area contributed by atoms with Crippen LogP contribution < -0.4 is 5.32 Å². The Hall–Kier alpha value is -2.94. The van der Waals surface area contributed by atoms with Crippen LogP contribution in [0.2, 0.25) is 0 Å². The fourth-order valence-corrected chi connectivity index (χ4v) is 6.21. The summed E-state index contributed by atoms with van der Waals surface area (Å²) in [6.07, 6.45) is 5.37. The second-order valence-corrected chi connectivity index (χ2v) is 8.38. The third kappa shape index (κ3) is 1.99. The highest BCUT2D eigenvalue weighted by molar-refractivity contribution is 5.88. The van der Waals surface area contributed by atoms with E-state index in [1.165, 1.54) is 18.1 Å². The van der Waals surface area contributed by atoms with Gasteiger partial charge in [0.05, 0.1) is 23.3 Å². The Morgan fingerprint density at radius 3 is 2.82 bits per heavy atom. The van der Waals surface area contributed by atoms with Crippen LogP contribution in [0.1, 0.15) is 47.9 Å². The van der Waals surface area contributed by atoms with Gasteiger partial charge < -0.3 is 5.32 Å². The molecule has 0 spiro atoms. The lowest BCUT2D eigenvalue weighted by atomic mass is 9.67. The zero-order valence-corrected chi connectivity index (χ0v) is 15.0. The van der Waals surface area contributed by atoms with Crippen LogP contribution in [0.25, 0.3) is 10.9 Å². The highest BCUT2D eigenvalue weighted by Crippen LogP contribution is 2.64. The Morgan fingerprint density at radius 1 is 1.11 bits per heavy atom. The van der Waals surface area contributed by atoms with E-state index in [0.717, 1.165) is 35.5 Å². The third-order valence-corrected chi connectivity index (χ3v) is 7.22. The third-order valence-electron chi connectivity index (χ3n) is 7.22. The number of aromatic nitrogens is 2. The fourth-order valence-electron chi connectivity index (χ4n) is 6.21. The second kappa shape index (κ2) is 5.54. The van der Waals surface area contributed by atoms with Crippen LogP contribution in [-0.4, -0.2) is 10.2 Å². The first-order valence-corrected chi connectivity index (χ1v) is 9.77. The molecule has 2 aliphatic carbocycles. The summed E-state index contributed by atoms with van der Waals surface area (Å²) < 4.78 is 28.7. The average molecular weight is 376 g/mol. The Balaban J connectivity index is 1.57. The molecule has 3 aromatic rings. The molecule has 2 heterocycles. The number of aromatic amines is 1. The molecular weight excluding hydrogens is 358 g/mol. The van der Waals surface area contributed by atoms with Gasteiger partial charge in [0.2, 0.25) is 0 Å². The molecule has 6 heteroatoms. The smallest absolute Gasteiger partial charge is 0.143 e. The summed E-state index contributed by atoms with van der Waals surface area (Å²) in [4.78, 5) is 0. The van der Waals surface area contributed by atoms with Crippen molar-refractivity contribution in [1.82, 2.24) is 10.2 Å². The van der Waals surface area contributed by atoms with Crippen molar-refractivity contribution in [2.24, 2.45) is 17.8 Å². The number of fused-ring (bicyclic) bond motifs is 9. The van der Waals surface area contributed by atoms with Crippen LogP contribution >= 0.6 is 0 Å². The number of halogens is 2. The van der Waals surface area contributed by atoms with Gasteiger partial charge in [0, 0.05) is 22.7 Å². The van der Waals surface area contributed by atoms with Gasteiger partial charge in [-0.05, 0) is 66.7 Å². The lowest BCUT2D eigenvalue weighted by molar-refractivity contribution is 0.246. The minimum atomic E-state index is -0.801. The van der Waals surface area contributed by atoms with Crippen molar-refractivity contribution < 1.29 is 8.78 Å². The van der Waals surface area contributed by atoms with E-state index in [4.69, 9.17) is 0 Å². The summed E-state index contributed by atoms with van der Waals surface area (Å²) in [5.41, 5.74) is 3.59. The Labute approximate surface area is 160 Å². The number of hydrogen-bond acceptors (Lipinski definition) is 3. The number of H-pyrrole nitrogens is 1. The van der Waals surface area contributed by atoms with Gasteiger partial charge in [-0.15, -0.1) is 0 Å². The van der Waals surface area contributed by atoms with Gasteiger partial charge in [-0.2, -0.15) is 10.4 Å². The highest BCUT2D eigenvalue weighted by Gasteiger charge is 2.54. The molecule has 1 aliphatic heterocycles. The molecule has 28 heavy (non-hydrogen) atoms. The molecule has 6 rings (SSSR count). The largest absolute Gasteiger partial charge is 0.378 e. The summed E-state index contributed by atoms with van der Waals surface area (Å²) >= 11 is 0. The average Bonchev–Trinajstić information content (AvgIpc) is 3.43. The Kier molecular flexibility index (Phi) is 3.18. The van der Waals surface area contributed by atoms with Crippen molar-refractivity contribution in [3.8, 4) is 6.07 Å². The van der Waals surface area contributed by atoms with Crippen molar-refractivity contribution >= 4 is 16.6 Å². The fraction of sp³-hybridized carbons (Fsp3) is 0.364. The number of nitrogens with zero attached hydrogens (tertiary/aromatic N) is 2. The van der Waals surface area contributed by atoms with Gasteiger partial charge in [-0.1, -0.05) is 0 Å². The quantitative estimate of drug-likeness (QED) is 0.627. The topological polar surface area (TPSA) is 64.5 Å². The minimum Gasteiger partial charge on any atom is -0.378 e. The lowest BCUT2D eigenvalue weighted by Gasteiger charge is -2.43. The highest BCUT2D eigenvalue weighted by atomic mass is 19.1. The first-order valence-electron chi connectivity index (χ1n) is 9.77. The summed E-state index contributed by atoms with van der Waals surface area (Å²) in [6, 6.07) is 7.86. The van der Waals surface area contributed by atoms with Crippen molar-refractivity contribution in [3.05, 3.63) is 58.8 Å². The maximum atomic E-state index is 14.8. The van der Waals surface area contributed by atoms with E-state index < -0.39 is 11.6 Å². The van der Waals surface area contributed by atoms with Gasteiger partial charge >= 0.3 is 0 Å². The molecule has 5 atom stereocenters. The number of nitriles is 1. The first-order chi connectivity index (χ1) is 13.7. The van der Waals surface area contributed by atoms with E-state index in [-0.39, 0.29) is 17.5 Å². The molecule has 2 aromatic carbocycles. The molecule has 2 saturated carbocycles. The van der Waals surface area contributed by atoms with Crippen molar-refractivity contribution in [3.63, 3.8) is 0 Å². The Morgan fingerprint density at radius 2 is 1.96 bits per heavy atom. The monoisotopic (exact) mass is 376 g/mol. The van der Waals surface area contributed by atoms with Gasteiger partial charge in [-0.25, -0.2) is 8.78 Å². The molecule has 4 nitrogen and oxygen atoms in total. The number of anilines is 1. The van der Waals surface area contributed by atoms with Crippen LogP contribution in [0.5, 0.6) is 0 Å². The van der Waals surface area contributed by atoms with E-state index in [1.54, 1.807) is 0 Å². The van der Waals surface area contributed by atoms with Crippen molar-refractivity contribution in [1.29, 1.82) is 5.26 Å². The second-order valence-electron chi connectivity index (χ2n) is 8.38. The molecule has 140 valence electrons. The molecule has 0 amide bonds. The van der Waals surface area contributed by atoms with Crippen LogP contribution in [0.4, 0.5) is 14.5 Å². The lowest BCUT2D eigenvalue weighted by Crippen LogP contribution is -2.36. The van der Waals surface area contributed by atoms with Crippen molar-refractivity contribution in [2.45, 2.75) is 31.2 Å². The van der Waals surface area contributed by atoms with Crippen LogP contribution in [0, 0.1) is 40.7 Å². The van der Waals surface area contributed by atoms with Gasteiger partial charge in [-0.3, -0.25) is 5.10 Å². The van der Waals surface area contributed by atoms with Gasteiger partial charge in [0.15, 0.2) is 0 Å². The van der Waals surface area contributed by atoms with Crippen molar-refractivity contribution in [2.75, 3.05) is 5.32 Å². The maximum absolute atomic E-state index is 14.8. The molecule has 1 aromatic heterocycles. The van der Waals surface area contributed by atoms with E-state index in [2.05, 4.69) is 15.5 Å². The zero-order valence-electron chi connectivity index (χ0n) is 15.0.